The first kappa shape index (κ1) is 13.8. The Kier molecular flexibility index (Phi) is 4.21. The van der Waals surface area contributed by atoms with E-state index in [9.17, 15) is 4.79 Å². The summed E-state index contributed by atoms with van der Waals surface area (Å²) < 4.78 is 0. The van der Waals surface area contributed by atoms with Crippen molar-refractivity contribution in [1.82, 2.24) is 5.32 Å². The highest BCUT2D eigenvalue weighted by atomic mass is 16.1. The number of fused-ring (bicyclic) bond motifs is 1. The Morgan fingerprint density at radius 2 is 2.10 bits per heavy atom. The number of Topliss-reactive ketones (excluding diaryl/α,β-unsaturated/α-hetero) is 1. The van der Waals surface area contributed by atoms with Crippen molar-refractivity contribution in [3.05, 3.63) is 34.9 Å². The van der Waals surface area contributed by atoms with Gasteiger partial charge in [-0.05, 0) is 48.9 Å². The van der Waals surface area contributed by atoms with Gasteiger partial charge in [0.15, 0.2) is 5.78 Å². The minimum Gasteiger partial charge on any atom is -0.312 e. The number of carbonyl (C=O) groups is 1. The molecular weight excluding hydrogens is 246 g/mol. The van der Waals surface area contributed by atoms with Crippen molar-refractivity contribution in [1.29, 1.82) is 0 Å². The van der Waals surface area contributed by atoms with Gasteiger partial charge in [-0.3, -0.25) is 4.79 Å². The average Bonchev–Trinajstić information content (AvgIpc) is 2.53. The van der Waals surface area contributed by atoms with E-state index in [0.29, 0.717) is 11.7 Å². The van der Waals surface area contributed by atoms with E-state index in [2.05, 4.69) is 30.4 Å². The number of hydrogen-bond acceptors (Lipinski definition) is 2. The van der Waals surface area contributed by atoms with Crippen LogP contribution in [0.5, 0.6) is 0 Å². The lowest BCUT2D eigenvalue weighted by Gasteiger charge is -2.30. The fourth-order valence-electron chi connectivity index (χ4n) is 3.89. The van der Waals surface area contributed by atoms with E-state index in [1.165, 1.54) is 30.4 Å². The third kappa shape index (κ3) is 2.67. The summed E-state index contributed by atoms with van der Waals surface area (Å²) in [5, 5.41) is 3.40. The third-order valence-electron chi connectivity index (χ3n) is 5.15. The van der Waals surface area contributed by atoms with Gasteiger partial charge in [0.1, 0.15) is 0 Å². The molecule has 0 radical (unpaired) electrons. The lowest BCUT2D eigenvalue weighted by atomic mass is 9.74. The molecule has 1 fully saturated rings. The van der Waals surface area contributed by atoms with Gasteiger partial charge in [0.2, 0.25) is 0 Å². The molecule has 2 nitrogen and oxygen atoms in total. The first-order valence-corrected chi connectivity index (χ1v) is 8.16. The predicted molar refractivity (Wildman–Crippen MR) is 81.9 cm³/mol. The van der Waals surface area contributed by atoms with Crippen LogP contribution in [0.4, 0.5) is 0 Å². The highest BCUT2D eigenvalue weighted by Gasteiger charge is 2.30. The maximum atomic E-state index is 12.8. The van der Waals surface area contributed by atoms with Gasteiger partial charge in [0.05, 0.1) is 0 Å². The monoisotopic (exact) mass is 271 g/mol. The van der Waals surface area contributed by atoms with Gasteiger partial charge in [-0.15, -0.1) is 0 Å². The summed E-state index contributed by atoms with van der Waals surface area (Å²) in [6, 6.07) is 6.38. The number of ketones is 1. The zero-order chi connectivity index (χ0) is 13.9. The van der Waals surface area contributed by atoms with Crippen molar-refractivity contribution in [3.8, 4) is 0 Å². The Bertz CT molecular complexity index is 494. The summed E-state index contributed by atoms with van der Waals surface area (Å²) in [6.45, 7) is 4.20. The Morgan fingerprint density at radius 3 is 2.95 bits per heavy atom. The molecule has 2 atom stereocenters. The SMILES string of the molecule is CCC1CCCCC1C(=O)c1ccc2c(c1)CNCC2. The molecule has 1 saturated carbocycles. The molecule has 1 heterocycles. The Morgan fingerprint density at radius 1 is 1.25 bits per heavy atom. The number of rotatable bonds is 3. The number of hydrogen-bond donors (Lipinski definition) is 1. The van der Waals surface area contributed by atoms with Gasteiger partial charge in [-0.2, -0.15) is 0 Å². The molecule has 1 N–H and O–H groups in total. The molecule has 2 aliphatic rings. The Labute approximate surface area is 122 Å². The van der Waals surface area contributed by atoms with Crippen LogP contribution in [0.1, 0.15) is 60.5 Å². The van der Waals surface area contributed by atoms with Gasteiger partial charge in [-0.1, -0.05) is 38.3 Å². The van der Waals surface area contributed by atoms with Crippen LogP contribution in [-0.2, 0) is 13.0 Å². The van der Waals surface area contributed by atoms with Crippen molar-refractivity contribution in [2.45, 2.75) is 52.0 Å². The third-order valence-corrected chi connectivity index (χ3v) is 5.15. The van der Waals surface area contributed by atoms with Crippen LogP contribution in [-0.4, -0.2) is 12.3 Å². The standard InChI is InChI=1S/C18H25NO/c1-2-13-5-3-4-6-17(13)18(20)15-8-7-14-9-10-19-12-16(14)11-15/h7-8,11,13,17,19H,2-6,9-10,12H2,1H3. The van der Waals surface area contributed by atoms with Gasteiger partial charge in [0, 0.05) is 18.0 Å². The second kappa shape index (κ2) is 6.09. The molecule has 1 aliphatic heterocycles. The molecule has 1 aromatic carbocycles. The Balaban J connectivity index is 1.82. The van der Waals surface area contributed by atoms with Crippen LogP contribution in [0, 0.1) is 11.8 Å². The van der Waals surface area contributed by atoms with Crippen LogP contribution in [0.2, 0.25) is 0 Å². The summed E-state index contributed by atoms with van der Waals surface area (Å²) in [6.07, 6.45) is 7.08. The molecule has 0 saturated heterocycles. The second-order valence-electron chi connectivity index (χ2n) is 6.33. The van der Waals surface area contributed by atoms with E-state index in [-0.39, 0.29) is 5.92 Å². The fourth-order valence-corrected chi connectivity index (χ4v) is 3.89. The van der Waals surface area contributed by atoms with Crippen molar-refractivity contribution in [3.63, 3.8) is 0 Å². The van der Waals surface area contributed by atoms with Crippen LogP contribution in [0.15, 0.2) is 18.2 Å². The number of benzene rings is 1. The highest BCUT2D eigenvalue weighted by Crippen LogP contribution is 2.34. The van der Waals surface area contributed by atoms with Crippen LogP contribution < -0.4 is 5.32 Å². The van der Waals surface area contributed by atoms with Gasteiger partial charge in [-0.25, -0.2) is 0 Å². The first-order valence-electron chi connectivity index (χ1n) is 8.16. The Hall–Kier alpha value is -1.15. The summed E-state index contributed by atoms with van der Waals surface area (Å²) in [5.41, 5.74) is 3.68. The molecule has 3 rings (SSSR count). The molecule has 0 spiro atoms. The summed E-state index contributed by atoms with van der Waals surface area (Å²) in [5.74, 6) is 1.26. The van der Waals surface area contributed by atoms with Crippen LogP contribution in [0.3, 0.4) is 0 Å². The molecule has 1 aromatic rings. The maximum Gasteiger partial charge on any atom is 0.166 e. The van der Waals surface area contributed by atoms with E-state index in [1.54, 1.807) is 0 Å². The second-order valence-corrected chi connectivity index (χ2v) is 6.33. The largest absolute Gasteiger partial charge is 0.312 e. The van der Waals surface area contributed by atoms with E-state index < -0.39 is 0 Å². The minimum atomic E-state index is 0.267. The van der Waals surface area contributed by atoms with Crippen molar-refractivity contribution in [2.24, 2.45) is 11.8 Å². The summed E-state index contributed by atoms with van der Waals surface area (Å²) >= 11 is 0. The maximum absolute atomic E-state index is 12.8. The van der Waals surface area contributed by atoms with Gasteiger partial charge < -0.3 is 5.32 Å². The van der Waals surface area contributed by atoms with E-state index in [4.69, 9.17) is 0 Å². The number of nitrogens with one attached hydrogen (secondary N) is 1. The molecule has 108 valence electrons. The van der Waals surface area contributed by atoms with Gasteiger partial charge >= 0.3 is 0 Å². The van der Waals surface area contributed by atoms with Crippen molar-refractivity contribution >= 4 is 5.78 Å². The summed E-state index contributed by atoms with van der Waals surface area (Å²) in [4.78, 5) is 12.8. The van der Waals surface area contributed by atoms with Crippen LogP contribution >= 0.6 is 0 Å². The lowest BCUT2D eigenvalue weighted by Crippen LogP contribution is -2.28. The smallest absolute Gasteiger partial charge is 0.166 e. The highest BCUT2D eigenvalue weighted by molar-refractivity contribution is 5.98. The van der Waals surface area contributed by atoms with Crippen molar-refractivity contribution in [2.75, 3.05) is 6.54 Å². The first-order chi connectivity index (χ1) is 9.79. The van der Waals surface area contributed by atoms with E-state index in [1.807, 2.05) is 0 Å². The normalized spacial score (nSPS) is 26.1. The quantitative estimate of drug-likeness (QED) is 0.849. The minimum absolute atomic E-state index is 0.267. The zero-order valence-corrected chi connectivity index (χ0v) is 12.5. The molecular formula is C18H25NO. The predicted octanol–water partition coefficient (Wildman–Crippen LogP) is 3.73. The molecule has 1 aliphatic carbocycles. The zero-order valence-electron chi connectivity index (χ0n) is 12.5. The molecule has 0 amide bonds. The average molecular weight is 271 g/mol. The van der Waals surface area contributed by atoms with Crippen LogP contribution in [0.25, 0.3) is 0 Å². The molecule has 20 heavy (non-hydrogen) atoms. The molecule has 2 heteroatoms. The fraction of sp³-hybridized carbons (Fsp3) is 0.611. The molecule has 2 unspecified atom stereocenters. The lowest BCUT2D eigenvalue weighted by molar-refractivity contribution is 0.0820. The van der Waals surface area contributed by atoms with Gasteiger partial charge in [0.25, 0.3) is 0 Å². The molecule has 0 bridgehead atoms. The van der Waals surface area contributed by atoms with E-state index >= 15 is 0 Å². The van der Waals surface area contributed by atoms with E-state index in [0.717, 1.165) is 37.9 Å². The molecule has 0 aromatic heterocycles. The topological polar surface area (TPSA) is 29.1 Å². The summed E-state index contributed by atoms with van der Waals surface area (Å²) in [7, 11) is 0. The van der Waals surface area contributed by atoms with Crippen molar-refractivity contribution < 1.29 is 4.79 Å². The number of carbonyl (C=O) groups excluding carboxylic acids is 1.